The van der Waals surface area contributed by atoms with Crippen molar-refractivity contribution in [1.29, 1.82) is 0 Å². The van der Waals surface area contributed by atoms with Gasteiger partial charge in [-0.1, -0.05) is 0 Å². The Hall–Kier alpha value is -1.68. The van der Waals surface area contributed by atoms with E-state index in [4.69, 9.17) is 4.42 Å². The Balaban J connectivity index is 2.23. The van der Waals surface area contributed by atoms with E-state index in [0.29, 0.717) is 6.54 Å². The van der Waals surface area contributed by atoms with Crippen LogP contribution in [0, 0.1) is 6.92 Å². The van der Waals surface area contributed by atoms with Gasteiger partial charge in [0.25, 0.3) is 0 Å². The fourth-order valence-corrected chi connectivity index (χ4v) is 1.31. The Labute approximate surface area is 88.4 Å². The molecular formula is C11H13N3O. The third-order valence-corrected chi connectivity index (χ3v) is 2.06. The summed E-state index contributed by atoms with van der Waals surface area (Å²) in [5.74, 6) is 1.59. The number of hydrogen-bond acceptors (Lipinski definition) is 4. The minimum absolute atomic E-state index is 0.678. The van der Waals surface area contributed by atoms with Crippen LogP contribution in [0.15, 0.2) is 29.1 Å². The maximum Gasteiger partial charge on any atom is 0.141 e. The van der Waals surface area contributed by atoms with Crippen molar-refractivity contribution in [3.05, 3.63) is 36.1 Å². The molecule has 0 saturated heterocycles. The molecule has 78 valence electrons. The molecule has 0 aliphatic rings. The molecule has 0 amide bonds. The van der Waals surface area contributed by atoms with Gasteiger partial charge in [-0.05, 0) is 25.6 Å². The normalized spacial score (nSPS) is 10.5. The van der Waals surface area contributed by atoms with Crippen LogP contribution in [0.25, 0.3) is 11.3 Å². The van der Waals surface area contributed by atoms with E-state index in [1.807, 2.05) is 20.0 Å². The van der Waals surface area contributed by atoms with Gasteiger partial charge >= 0.3 is 0 Å². The zero-order chi connectivity index (χ0) is 10.7. The van der Waals surface area contributed by atoms with E-state index in [-0.39, 0.29) is 0 Å². The van der Waals surface area contributed by atoms with Gasteiger partial charge in [-0.2, -0.15) is 0 Å². The van der Waals surface area contributed by atoms with Crippen molar-refractivity contribution in [3.8, 4) is 11.3 Å². The molecule has 0 aromatic carbocycles. The van der Waals surface area contributed by atoms with Gasteiger partial charge in [0, 0.05) is 12.4 Å². The monoisotopic (exact) mass is 203 g/mol. The average Bonchev–Trinajstić information content (AvgIpc) is 2.67. The largest absolute Gasteiger partial charge is 0.464 e. The molecule has 0 aliphatic carbocycles. The van der Waals surface area contributed by atoms with Crippen molar-refractivity contribution in [2.75, 3.05) is 7.05 Å². The number of nitrogens with one attached hydrogen (secondary N) is 1. The molecule has 4 nitrogen and oxygen atoms in total. The second kappa shape index (κ2) is 4.23. The van der Waals surface area contributed by atoms with Gasteiger partial charge in [-0.15, -0.1) is 0 Å². The SMILES string of the molecule is CNCc1ncc(-c2cc(C)co2)cn1. The van der Waals surface area contributed by atoms with Gasteiger partial charge in [0.15, 0.2) is 0 Å². The lowest BCUT2D eigenvalue weighted by Gasteiger charge is -1.99. The molecule has 4 heteroatoms. The van der Waals surface area contributed by atoms with Gasteiger partial charge in [0.2, 0.25) is 0 Å². The third kappa shape index (κ3) is 2.22. The zero-order valence-electron chi connectivity index (χ0n) is 8.82. The fourth-order valence-electron chi connectivity index (χ4n) is 1.31. The maximum absolute atomic E-state index is 5.35. The van der Waals surface area contributed by atoms with Gasteiger partial charge in [-0.25, -0.2) is 9.97 Å². The average molecular weight is 203 g/mol. The van der Waals surface area contributed by atoms with Crippen molar-refractivity contribution < 1.29 is 4.42 Å². The summed E-state index contributed by atoms with van der Waals surface area (Å²) < 4.78 is 5.35. The Bertz CT molecular complexity index is 433. The van der Waals surface area contributed by atoms with E-state index in [9.17, 15) is 0 Å². The zero-order valence-corrected chi connectivity index (χ0v) is 8.82. The van der Waals surface area contributed by atoms with Crippen LogP contribution in [0.3, 0.4) is 0 Å². The van der Waals surface area contributed by atoms with Gasteiger partial charge in [-0.3, -0.25) is 0 Å². The molecule has 1 N–H and O–H groups in total. The lowest BCUT2D eigenvalue weighted by molar-refractivity contribution is 0.579. The standard InChI is InChI=1S/C11H13N3O/c1-8-3-10(15-7-8)9-4-13-11(6-12-2)14-5-9/h3-5,7,12H,6H2,1-2H3. The quantitative estimate of drug-likeness (QED) is 0.825. The van der Waals surface area contributed by atoms with Crippen LogP contribution in [0.5, 0.6) is 0 Å². The Morgan fingerprint density at radius 2 is 2.07 bits per heavy atom. The Morgan fingerprint density at radius 1 is 1.33 bits per heavy atom. The Morgan fingerprint density at radius 3 is 2.60 bits per heavy atom. The molecule has 0 aliphatic heterocycles. The first-order valence-electron chi connectivity index (χ1n) is 4.80. The molecular weight excluding hydrogens is 190 g/mol. The van der Waals surface area contributed by atoms with Crippen molar-refractivity contribution in [2.24, 2.45) is 0 Å². The molecule has 2 heterocycles. The van der Waals surface area contributed by atoms with E-state index < -0.39 is 0 Å². The first-order chi connectivity index (χ1) is 7.29. The Kier molecular flexibility index (Phi) is 2.78. The van der Waals surface area contributed by atoms with E-state index >= 15 is 0 Å². The first kappa shape index (κ1) is 9.86. The molecule has 2 aromatic rings. The summed E-state index contributed by atoms with van der Waals surface area (Å²) in [6, 6.07) is 1.97. The van der Waals surface area contributed by atoms with Gasteiger partial charge in [0.1, 0.15) is 11.6 Å². The molecule has 0 saturated carbocycles. The van der Waals surface area contributed by atoms with Crippen molar-refractivity contribution in [1.82, 2.24) is 15.3 Å². The summed E-state index contributed by atoms with van der Waals surface area (Å²) >= 11 is 0. The third-order valence-electron chi connectivity index (χ3n) is 2.06. The first-order valence-corrected chi connectivity index (χ1v) is 4.80. The van der Waals surface area contributed by atoms with Crippen LogP contribution >= 0.6 is 0 Å². The highest BCUT2D eigenvalue weighted by molar-refractivity contribution is 5.55. The molecule has 0 bridgehead atoms. The van der Waals surface area contributed by atoms with Crippen LogP contribution in [0.4, 0.5) is 0 Å². The number of aromatic nitrogens is 2. The minimum Gasteiger partial charge on any atom is -0.464 e. The van der Waals surface area contributed by atoms with Crippen LogP contribution in [0.2, 0.25) is 0 Å². The molecule has 0 unspecified atom stereocenters. The molecule has 15 heavy (non-hydrogen) atoms. The highest BCUT2D eigenvalue weighted by Crippen LogP contribution is 2.19. The second-order valence-electron chi connectivity index (χ2n) is 3.41. The smallest absolute Gasteiger partial charge is 0.141 e. The molecule has 0 atom stereocenters. The predicted molar refractivity (Wildman–Crippen MR) is 57.2 cm³/mol. The van der Waals surface area contributed by atoms with Crippen molar-refractivity contribution >= 4 is 0 Å². The summed E-state index contributed by atoms with van der Waals surface area (Å²) in [4.78, 5) is 8.44. The van der Waals surface area contributed by atoms with Crippen molar-refractivity contribution in [3.63, 3.8) is 0 Å². The summed E-state index contributed by atoms with van der Waals surface area (Å²) in [7, 11) is 1.87. The van der Waals surface area contributed by atoms with E-state index in [2.05, 4.69) is 15.3 Å². The number of aryl methyl sites for hydroxylation is 1. The van der Waals surface area contributed by atoms with E-state index in [1.165, 1.54) is 0 Å². The van der Waals surface area contributed by atoms with E-state index in [0.717, 1.165) is 22.7 Å². The predicted octanol–water partition coefficient (Wildman–Crippen LogP) is 1.76. The van der Waals surface area contributed by atoms with Gasteiger partial charge < -0.3 is 9.73 Å². The summed E-state index contributed by atoms with van der Waals surface area (Å²) in [6.45, 7) is 2.67. The van der Waals surface area contributed by atoms with Crippen LogP contribution in [0.1, 0.15) is 11.4 Å². The molecule has 2 aromatic heterocycles. The molecule has 0 spiro atoms. The van der Waals surface area contributed by atoms with E-state index in [1.54, 1.807) is 18.7 Å². The second-order valence-corrected chi connectivity index (χ2v) is 3.41. The highest BCUT2D eigenvalue weighted by Gasteiger charge is 2.03. The van der Waals surface area contributed by atoms with Crippen LogP contribution in [-0.2, 0) is 6.54 Å². The summed E-state index contributed by atoms with van der Waals surface area (Å²) in [5.41, 5.74) is 2.01. The summed E-state index contributed by atoms with van der Waals surface area (Å²) in [6.07, 6.45) is 5.27. The van der Waals surface area contributed by atoms with Crippen LogP contribution in [-0.4, -0.2) is 17.0 Å². The van der Waals surface area contributed by atoms with Crippen LogP contribution < -0.4 is 5.32 Å². The number of hydrogen-bond donors (Lipinski definition) is 1. The number of rotatable bonds is 3. The lowest BCUT2D eigenvalue weighted by Crippen LogP contribution is -2.08. The topological polar surface area (TPSA) is 51.0 Å². The van der Waals surface area contributed by atoms with Gasteiger partial charge in [0.05, 0.1) is 18.4 Å². The molecule has 0 fully saturated rings. The number of nitrogens with zero attached hydrogens (tertiary/aromatic N) is 2. The molecule has 2 rings (SSSR count). The molecule has 0 radical (unpaired) electrons. The maximum atomic E-state index is 5.35. The number of furan rings is 1. The highest BCUT2D eigenvalue weighted by atomic mass is 16.3. The lowest BCUT2D eigenvalue weighted by atomic mass is 10.2. The minimum atomic E-state index is 0.678. The van der Waals surface area contributed by atoms with Crippen molar-refractivity contribution in [2.45, 2.75) is 13.5 Å². The summed E-state index contributed by atoms with van der Waals surface area (Å²) in [5, 5.41) is 3.00. The fraction of sp³-hybridized carbons (Fsp3) is 0.273.